The van der Waals surface area contributed by atoms with Crippen LogP contribution in [0.2, 0.25) is 0 Å². The van der Waals surface area contributed by atoms with E-state index in [0.717, 1.165) is 25.8 Å². The molecule has 5 nitrogen and oxygen atoms in total. The Balaban J connectivity index is 2.08. The van der Waals surface area contributed by atoms with E-state index in [-0.39, 0.29) is 17.4 Å². The van der Waals surface area contributed by atoms with Crippen molar-refractivity contribution in [3.63, 3.8) is 0 Å². The summed E-state index contributed by atoms with van der Waals surface area (Å²) in [6.45, 7) is 4.12. The van der Waals surface area contributed by atoms with E-state index >= 15 is 0 Å². The zero-order valence-electron chi connectivity index (χ0n) is 10.6. The third kappa shape index (κ3) is 2.65. The molecule has 0 radical (unpaired) electrons. The molecule has 0 aromatic carbocycles. The van der Waals surface area contributed by atoms with Crippen LogP contribution in [0.4, 0.5) is 0 Å². The first-order valence-corrected chi connectivity index (χ1v) is 7.83. The Morgan fingerprint density at radius 2 is 2.12 bits per heavy atom. The Morgan fingerprint density at radius 1 is 1.35 bits per heavy atom. The number of piperidine rings is 1. The van der Waals surface area contributed by atoms with Crippen molar-refractivity contribution in [2.75, 3.05) is 26.7 Å². The third-order valence-electron chi connectivity index (χ3n) is 3.88. The van der Waals surface area contributed by atoms with Gasteiger partial charge in [0.1, 0.15) is 0 Å². The first-order chi connectivity index (χ1) is 8.03. The van der Waals surface area contributed by atoms with Crippen LogP contribution < -0.4 is 5.32 Å². The minimum atomic E-state index is -3.19. The number of nitrogens with one attached hydrogen (secondary N) is 1. The molecule has 100 valence electrons. The van der Waals surface area contributed by atoms with Gasteiger partial charge in [-0.15, -0.1) is 0 Å². The molecule has 2 saturated heterocycles. The van der Waals surface area contributed by atoms with Crippen LogP contribution in [-0.2, 0) is 14.8 Å². The van der Waals surface area contributed by atoms with E-state index in [1.165, 1.54) is 0 Å². The summed E-state index contributed by atoms with van der Waals surface area (Å²) in [4.78, 5) is 0. The Hall–Kier alpha value is -0.170. The van der Waals surface area contributed by atoms with Crippen LogP contribution in [0.25, 0.3) is 0 Å². The van der Waals surface area contributed by atoms with E-state index in [4.69, 9.17) is 4.74 Å². The highest BCUT2D eigenvalue weighted by molar-refractivity contribution is 7.89. The smallest absolute Gasteiger partial charge is 0.218 e. The summed E-state index contributed by atoms with van der Waals surface area (Å²) in [7, 11) is -1.49. The molecule has 3 unspecified atom stereocenters. The molecule has 1 N–H and O–H groups in total. The predicted molar refractivity (Wildman–Crippen MR) is 66.4 cm³/mol. The van der Waals surface area contributed by atoms with Crippen molar-refractivity contribution >= 4 is 10.0 Å². The second kappa shape index (κ2) is 5.22. The van der Waals surface area contributed by atoms with Gasteiger partial charge in [-0.25, -0.2) is 8.42 Å². The molecule has 0 bridgehead atoms. The maximum absolute atomic E-state index is 12.4. The molecule has 3 atom stereocenters. The second-order valence-electron chi connectivity index (χ2n) is 4.96. The van der Waals surface area contributed by atoms with Crippen molar-refractivity contribution in [2.45, 2.75) is 43.6 Å². The van der Waals surface area contributed by atoms with Gasteiger partial charge in [0.15, 0.2) is 0 Å². The van der Waals surface area contributed by atoms with E-state index < -0.39 is 10.0 Å². The molecule has 2 heterocycles. The summed E-state index contributed by atoms with van der Waals surface area (Å²) in [5, 5.41) is 2.89. The molecule has 0 spiro atoms. The number of sulfonamides is 1. The zero-order valence-corrected chi connectivity index (χ0v) is 11.4. The minimum absolute atomic E-state index is 0.00178. The monoisotopic (exact) mass is 262 g/mol. The van der Waals surface area contributed by atoms with E-state index in [9.17, 15) is 8.42 Å². The number of hydrogen-bond acceptors (Lipinski definition) is 4. The second-order valence-corrected chi connectivity index (χ2v) is 7.23. The molecule has 2 fully saturated rings. The van der Waals surface area contributed by atoms with Crippen molar-refractivity contribution < 1.29 is 13.2 Å². The van der Waals surface area contributed by atoms with E-state index in [0.29, 0.717) is 13.2 Å². The van der Waals surface area contributed by atoms with Crippen LogP contribution >= 0.6 is 0 Å². The number of rotatable bonds is 3. The van der Waals surface area contributed by atoms with Crippen molar-refractivity contribution in [3.05, 3.63) is 0 Å². The Labute approximate surface area is 104 Å². The summed E-state index contributed by atoms with van der Waals surface area (Å²) in [5.74, 6) is 0. The maximum Gasteiger partial charge on any atom is 0.218 e. The third-order valence-corrected chi connectivity index (χ3v) is 6.20. The first kappa shape index (κ1) is 13.3. The lowest BCUT2D eigenvalue weighted by molar-refractivity contribution is 0.102. The predicted octanol–water partition coefficient (Wildman–Crippen LogP) is 0.177. The summed E-state index contributed by atoms with van der Waals surface area (Å²) in [6.07, 6.45) is 2.51. The summed E-state index contributed by atoms with van der Waals surface area (Å²) in [5.41, 5.74) is 0. The highest BCUT2D eigenvalue weighted by atomic mass is 32.2. The fraction of sp³-hybridized carbons (Fsp3) is 1.00. The Bertz CT molecular complexity index is 352. The molecule has 0 aromatic rings. The molecule has 2 rings (SSSR count). The SMILES string of the molecule is CC1OCCC1N(C)S(=O)(=O)C1CCCNC1. The van der Waals surface area contributed by atoms with Crippen LogP contribution in [-0.4, -0.2) is 56.9 Å². The normalized spacial score (nSPS) is 35.4. The number of hydrogen-bond donors (Lipinski definition) is 1. The van der Waals surface area contributed by atoms with Crippen LogP contribution in [0.3, 0.4) is 0 Å². The van der Waals surface area contributed by atoms with Crippen LogP contribution in [0.1, 0.15) is 26.2 Å². The largest absolute Gasteiger partial charge is 0.377 e. The highest BCUT2D eigenvalue weighted by Crippen LogP contribution is 2.24. The lowest BCUT2D eigenvalue weighted by Crippen LogP contribution is -2.49. The van der Waals surface area contributed by atoms with Crippen molar-refractivity contribution in [2.24, 2.45) is 0 Å². The average molecular weight is 262 g/mol. The van der Waals surface area contributed by atoms with Crippen molar-refractivity contribution in [1.82, 2.24) is 9.62 Å². The number of likely N-dealkylation sites (N-methyl/N-ethyl adjacent to an activating group) is 1. The number of ether oxygens (including phenoxy) is 1. The van der Waals surface area contributed by atoms with Crippen molar-refractivity contribution in [3.8, 4) is 0 Å². The Kier molecular flexibility index (Phi) is 4.07. The molecular formula is C11H22N2O3S. The summed E-state index contributed by atoms with van der Waals surface area (Å²) < 4.78 is 31.9. The molecule has 0 amide bonds. The topological polar surface area (TPSA) is 58.6 Å². The fourth-order valence-corrected chi connectivity index (χ4v) is 4.61. The Morgan fingerprint density at radius 3 is 2.65 bits per heavy atom. The first-order valence-electron chi connectivity index (χ1n) is 6.32. The lowest BCUT2D eigenvalue weighted by atomic mass is 10.2. The zero-order chi connectivity index (χ0) is 12.5. The summed E-state index contributed by atoms with van der Waals surface area (Å²) >= 11 is 0. The van der Waals surface area contributed by atoms with Gasteiger partial charge in [-0.3, -0.25) is 0 Å². The van der Waals surface area contributed by atoms with Gasteiger partial charge in [0, 0.05) is 20.2 Å². The molecule has 6 heteroatoms. The van der Waals surface area contributed by atoms with Gasteiger partial charge in [0.05, 0.1) is 17.4 Å². The molecular weight excluding hydrogens is 240 g/mol. The lowest BCUT2D eigenvalue weighted by Gasteiger charge is -2.32. The number of nitrogens with zero attached hydrogens (tertiary/aromatic N) is 1. The molecule has 2 aliphatic rings. The molecule has 0 aromatic heterocycles. The molecule has 17 heavy (non-hydrogen) atoms. The maximum atomic E-state index is 12.4. The van der Waals surface area contributed by atoms with Gasteiger partial charge in [-0.05, 0) is 32.7 Å². The van der Waals surface area contributed by atoms with Gasteiger partial charge in [0.2, 0.25) is 10.0 Å². The fourth-order valence-electron chi connectivity index (χ4n) is 2.70. The van der Waals surface area contributed by atoms with Gasteiger partial charge < -0.3 is 10.1 Å². The summed E-state index contributed by atoms with van der Waals surface area (Å²) in [6, 6.07) is 0.00178. The van der Waals surface area contributed by atoms with Gasteiger partial charge in [-0.2, -0.15) is 4.31 Å². The molecule has 2 aliphatic heterocycles. The van der Waals surface area contributed by atoms with Gasteiger partial charge >= 0.3 is 0 Å². The quantitative estimate of drug-likeness (QED) is 0.788. The molecule has 0 saturated carbocycles. The average Bonchev–Trinajstić information content (AvgIpc) is 2.75. The molecule has 0 aliphatic carbocycles. The van der Waals surface area contributed by atoms with Gasteiger partial charge in [0.25, 0.3) is 0 Å². The van der Waals surface area contributed by atoms with Crippen LogP contribution in [0.15, 0.2) is 0 Å². The van der Waals surface area contributed by atoms with Gasteiger partial charge in [-0.1, -0.05) is 0 Å². The van der Waals surface area contributed by atoms with E-state index in [1.54, 1.807) is 11.4 Å². The van der Waals surface area contributed by atoms with E-state index in [1.807, 2.05) is 6.92 Å². The van der Waals surface area contributed by atoms with E-state index in [2.05, 4.69) is 5.32 Å². The van der Waals surface area contributed by atoms with Crippen molar-refractivity contribution in [1.29, 1.82) is 0 Å². The van der Waals surface area contributed by atoms with Crippen LogP contribution in [0.5, 0.6) is 0 Å². The highest BCUT2D eigenvalue weighted by Gasteiger charge is 2.38. The van der Waals surface area contributed by atoms with Crippen LogP contribution in [0, 0.1) is 0 Å². The standard InChI is InChI=1S/C11H22N2O3S/c1-9-11(5-7-16-9)13(2)17(14,15)10-4-3-6-12-8-10/h9-12H,3-8H2,1-2H3. The minimum Gasteiger partial charge on any atom is -0.377 e.